The number of thiazole rings is 1. The molecule has 0 fully saturated rings. The molecule has 1 aromatic heterocycles. The largest absolute Gasteiger partial charge is 0.240 e. The summed E-state index contributed by atoms with van der Waals surface area (Å²) in [5, 5.41) is 3.86. The standard InChI is InChI=1S/C11H9BrClNS/c1-7(12)10-6-15-11(14-10)8-2-4-9(13)5-3-8/h2-7H,1H3. The van der Waals surface area contributed by atoms with Crippen molar-refractivity contribution >= 4 is 38.9 Å². The minimum absolute atomic E-state index is 0.301. The highest BCUT2D eigenvalue weighted by Crippen LogP contribution is 2.29. The van der Waals surface area contributed by atoms with Gasteiger partial charge in [-0.05, 0) is 19.1 Å². The number of nitrogens with zero attached hydrogens (tertiary/aromatic N) is 1. The highest BCUT2D eigenvalue weighted by molar-refractivity contribution is 9.09. The fourth-order valence-corrected chi connectivity index (χ4v) is 2.65. The van der Waals surface area contributed by atoms with E-state index in [1.54, 1.807) is 11.3 Å². The maximum atomic E-state index is 5.83. The maximum absolute atomic E-state index is 5.83. The summed E-state index contributed by atoms with van der Waals surface area (Å²) in [6.45, 7) is 2.07. The summed E-state index contributed by atoms with van der Waals surface area (Å²) < 4.78 is 0. The van der Waals surface area contributed by atoms with E-state index in [9.17, 15) is 0 Å². The van der Waals surface area contributed by atoms with Crippen LogP contribution in [0, 0.1) is 0 Å². The number of benzene rings is 1. The maximum Gasteiger partial charge on any atom is 0.123 e. The molecule has 1 nitrogen and oxygen atoms in total. The topological polar surface area (TPSA) is 12.9 Å². The number of aromatic nitrogens is 1. The molecule has 0 aliphatic heterocycles. The van der Waals surface area contributed by atoms with Gasteiger partial charge >= 0.3 is 0 Å². The number of halogens is 2. The lowest BCUT2D eigenvalue weighted by atomic mass is 10.2. The second-order valence-corrected chi connectivity index (χ2v) is 5.87. The van der Waals surface area contributed by atoms with Crippen LogP contribution in [-0.4, -0.2) is 4.98 Å². The first-order valence-electron chi connectivity index (χ1n) is 4.52. The zero-order chi connectivity index (χ0) is 10.8. The molecule has 0 saturated heterocycles. The monoisotopic (exact) mass is 301 g/mol. The molecule has 2 rings (SSSR count). The molecule has 2 aromatic rings. The minimum Gasteiger partial charge on any atom is -0.240 e. The Morgan fingerprint density at radius 2 is 2.00 bits per heavy atom. The molecule has 0 radical (unpaired) electrons. The van der Waals surface area contributed by atoms with E-state index in [0.717, 1.165) is 21.3 Å². The summed E-state index contributed by atoms with van der Waals surface area (Å²) in [6, 6.07) is 7.75. The van der Waals surface area contributed by atoms with Crippen molar-refractivity contribution in [3.8, 4) is 10.6 Å². The van der Waals surface area contributed by atoms with Gasteiger partial charge in [0, 0.05) is 16.0 Å². The third kappa shape index (κ3) is 2.60. The molecule has 1 atom stereocenters. The average Bonchev–Trinajstić information content (AvgIpc) is 2.68. The van der Waals surface area contributed by atoms with E-state index in [0.29, 0.717) is 4.83 Å². The fraction of sp³-hybridized carbons (Fsp3) is 0.182. The van der Waals surface area contributed by atoms with Crippen molar-refractivity contribution in [1.82, 2.24) is 4.98 Å². The van der Waals surface area contributed by atoms with Crippen LogP contribution in [0.1, 0.15) is 17.4 Å². The first-order chi connectivity index (χ1) is 7.16. The Kier molecular flexibility index (Phi) is 3.44. The van der Waals surface area contributed by atoms with Crippen molar-refractivity contribution in [1.29, 1.82) is 0 Å². The molecule has 0 aliphatic carbocycles. The molecule has 0 N–H and O–H groups in total. The highest BCUT2D eigenvalue weighted by atomic mass is 79.9. The number of rotatable bonds is 2. The smallest absolute Gasteiger partial charge is 0.123 e. The Balaban J connectivity index is 2.33. The summed E-state index contributed by atoms with van der Waals surface area (Å²) in [4.78, 5) is 4.84. The van der Waals surface area contributed by atoms with Gasteiger partial charge in [-0.15, -0.1) is 11.3 Å². The van der Waals surface area contributed by atoms with Gasteiger partial charge < -0.3 is 0 Å². The molecule has 0 amide bonds. The first-order valence-corrected chi connectivity index (χ1v) is 6.69. The van der Waals surface area contributed by atoms with Crippen molar-refractivity contribution in [2.24, 2.45) is 0 Å². The van der Waals surface area contributed by atoms with Gasteiger partial charge in [0.05, 0.1) is 10.5 Å². The molecule has 0 spiro atoms. The Morgan fingerprint density at radius 3 is 2.53 bits per heavy atom. The van der Waals surface area contributed by atoms with E-state index in [-0.39, 0.29) is 0 Å². The minimum atomic E-state index is 0.301. The molecule has 0 bridgehead atoms. The van der Waals surface area contributed by atoms with Crippen LogP contribution in [0.5, 0.6) is 0 Å². The van der Waals surface area contributed by atoms with Gasteiger partial charge in [0.15, 0.2) is 0 Å². The van der Waals surface area contributed by atoms with Gasteiger partial charge in [-0.25, -0.2) is 4.98 Å². The van der Waals surface area contributed by atoms with Crippen LogP contribution < -0.4 is 0 Å². The molecule has 78 valence electrons. The van der Waals surface area contributed by atoms with Crippen LogP contribution in [0.25, 0.3) is 10.6 Å². The van der Waals surface area contributed by atoms with E-state index >= 15 is 0 Å². The van der Waals surface area contributed by atoms with Crippen LogP contribution in [0.4, 0.5) is 0 Å². The van der Waals surface area contributed by atoms with Crippen LogP contribution >= 0.6 is 38.9 Å². The molecule has 1 heterocycles. The summed E-state index contributed by atoms with van der Waals surface area (Å²) in [5.74, 6) is 0. The molecule has 15 heavy (non-hydrogen) atoms. The fourth-order valence-electron chi connectivity index (χ4n) is 1.19. The van der Waals surface area contributed by atoms with Crippen molar-refractivity contribution in [3.63, 3.8) is 0 Å². The predicted octanol–water partition coefficient (Wildman–Crippen LogP) is 4.92. The number of hydrogen-bond acceptors (Lipinski definition) is 2. The van der Waals surface area contributed by atoms with Crippen molar-refractivity contribution in [2.45, 2.75) is 11.8 Å². The molecule has 0 aliphatic rings. The predicted molar refractivity (Wildman–Crippen MR) is 69.9 cm³/mol. The lowest BCUT2D eigenvalue weighted by Gasteiger charge is -1.97. The molecule has 0 saturated carbocycles. The molecule has 1 unspecified atom stereocenters. The van der Waals surface area contributed by atoms with E-state index in [1.165, 1.54) is 0 Å². The Morgan fingerprint density at radius 1 is 1.33 bits per heavy atom. The summed E-state index contributed by atoms with van der Waals surface area (Å²) in [5.41, 5.74) is 2.19. The third-order valence-corrected chi connectivity index (χ3v) is 3.65. The van der Waals surface area contributed by atoms with Crippen LogP contribution in [-0.2, 0) is 0 Å². The number of hydrogen-bond donors (Lipinski definition) is 0. The number of alkyl halides is 1. The van der Waals surface area contributed by atoms with Gasteiger partial charge in [-0.2, -0.15) is 0 Å². The van der Waals surface area contributed by atoms with E-state index in [2.05, 4.69) is 33.2 Å². The summed E-state index contributed by atoms with van der Waals surface area (Å²) >= 11 is 11.0. The zero-order valence-electron chi connectivity index (χ0n) is 8.08. The van der Waals surface area contributed by atoms with Crippen LogP contribution in [0.15, 0.2) is 29.6 Å². The zero-order valence-corrected chi connectivity index (χ0v) is 11.2. The molecule has 1 aromatic carbocycles. The van der Waals surface area contributed by atoms with Crippen molar-refractivity contribution in [2.75, 3.05) is 0 Å². The van der Waals surface area contributed by atoms with Gasteiger partial charge in [0.2, 0.25) is 0 Å². The second-order valence-electron chi connectivity index (χ2n) is 3.20. The van der Waals surface area contributed by atoms with E-state index < -0.39 is 0 Å². The third-order valence-electron chi connectivity index (χ3n) is 2.02. The lowest BCUT2D eigenvalue weighted by molar-refractivity contribution is 1.05. The van der Waals surface area contributed by atoms with Gasteiger partial charge in [0.25, 0.3) is 0 Å². The quantitative estimate of drug-likeness (QED) is 0.718. The Labute approximate surface area is 106 Å². The Hall–Kier alpha value is -0.380. The normalized spacial score (nSPS) is 12.7. The van der Waals surface area contributed by atoms with E-state index in [1.807, 2.05) is 24.3 Å². The summed E-state index contributed by atoms with van der Waals surface area (Å²) in [7, 11) is 0. The SMILES string of the molecule is CC(Br)c1csc(-c2ccc(Cl)cc2)n1. The first kappa shape index (κ1) is 11.1. The van der Waals surface area contributed by atoms with Crippen molar-refractivity contribution < 1.29 is 0 Å². The molecular weight excluding hydrogens is 294 g/mol. The molecule has 4 heteroatoms. The summed E-state index contributed by atoms with van der Waals surface area (Å²) in [6.07, 6.45) is 0. The van der Waals surface area contributed by atoms with Crippen molar-refractivity contribution in [3.05, 3.63) is 40.4 Å². The van der Waals surface area contributed by atoms with Gasteiger partial charge in [-0.1, -0.05) is 39.7 Å². The van der Waals surface area contributed by atoms with E-state index in [4.69, 9.17) is 11.6 Å². The average molecular weight is 303 g/mol. The van der Waals surface area contributed by atoms with Gasteiger partial charge in [-0.3, -0.25) is 0 Å². The highest BCUT2D eigenvalue weighted by Gasteiger charge is 2.07. The van der Waals surface area contributed by atoms with Crippen LogP contribution in [0.3, 0.4) is 0 Å². The Bertz CT molecular complexity index is 450. The van der Waals surface area contributed by atoms with Crippen LogP contribution in [0.2, 0.25) is 5.02 Å². The molecular formula is C11H9BrClNS. The lowest BCUT2D eigenvalue weighted by Crippen LogP contribution is -1.83. The second kappa shape index (κ2) is 4.64. The van der Waals surface area contributed by atoms with Gasteiger partial charge in [0.1, 0.15) is 5.01 Å².